The minimum atomic E-state index is -0.380. The molecular formula is C34H28ClN3O5S2. The maximum atomic E-state index is 13.9. The van der Waals surface area contributed by atoms with Gasteiger partial charge in [0.1, 0.15) is 5.75 Å². The average molecular weight is 658 g/mol. The van der Waals surface area contributed by atoms with Crippen LogP contribution in [0, 0.1) is 36.5 Å². The lowest BCUT2D eigenvalue weighted by Gasteiger charge is -2.43. The van der Waals surface area contributed by atoms with Gasteiger partial charge in [0, 0.05) is 26.8 Å². The van der Waals surface area contributed by atoms with Crippen LogP contribution in [0.5, 0.6) is 5.75 Å². The Morgan fingerprint density at radius 2 is 1.64 bits per heavy atom. The number of benzene rings is 3. The molecular weight excluding hydrogens is 630 g/mol. The number of anilines is 2. The van der Waals surface area contributed by atoms with Crippen LogP contribution in [0.3, 0.4) is 0 Å². The van der Waals surface area contributed by atoms with Crippen LogP contribution in [0.2, 0.25) is 5.02 Å². The Bertz CT molecular complexity index is 1890. The number of imide groups is 1. The van der Waals surface area contributed by atoms with Gasteiger partial charge in [0.25, 0.3) is 5.91 Å². The van der Waals surface area contributed by atoms with Gasteiger partial charge in [-0.2, -0.15) is 0 Å². The fraction of sp³-hybridized carbons (Fsp3) is 0.294. The Morgan fingerprint density at radius 3 is 2.36 bits per heavy atom. The molecule has 0 spiro atoms. The predicted molar refractivity (Wildman–Crippen MR) is 174 cm³/mol. The van der Waals surface area contributed by atoms with Crippen molar-refractivity contribution in [3.63, 3.8) is 0 Å². The van der Waals surface area contributed by atoms with Gasteiger partial charge in [-0.25, -0.2) is 0 Å². The van der Waals surface area contributed by atoms with Crippen molar-refractivity contribution in [2.45, 2.75) is 29.5 Å². The smallest absolute Gasteiger partial charge is 0.305 e. The molecule has 2 aliphatic carbocycles. The molecule has 2 bridgehead atoms. The molecule has 2 aliphatic heterocycles. The van der Waals surface area contributed by atoms with Crippen molar-refractivity contribution in [2.75, 3.05) is 16.8 Å². The highest BCUT2D eigenvalue weighted by Gasteiger charge is 2.69. The van der Waals surface area contributed by atoms with Crippen LogP contribution in [0.1, 0.15) is 28.3 Å². The van der Waals surface area contributed by atoms with Gasteiger partial charge in [0.2, 0.25) is 11.8 Å². The summed E-state index contributed by atoms with van der Waals surface area (Å²) in [5.41, 5.74) is 3.40. The van der Waals surface area contributed by atoms with Crippen molar-refractivity contribution in [2.24, 2.45) is 29.6 Å². The molecule has 4 unspecified atom stereocenters. The number of aryl methyl sites for hydroxylation is 1. The number of nitrogens with one attached hydrogen (secondary N) is 2. The minimum Gasteiger partial charge on any atom is -0.484 e. The number of halogens is 1. The van der Waals surface area contributed by atoms with Crippen molar-refractivity contribution >= 4 is 63.8 Å². The molecule has 3 amide bonds. The number of rotatable bonds is 6. The number of carbonyl (C=O) groups excluding carboxylic acids is 3. The molecule has 1 aromatic heterocycles. The molecule has 4 aromatic rings. The maximum Gasteiger partial charge on any atom is 0.305 e. The molecule has 8 nitrogen and oxygen atoms in total. The lowest BCUT2D eigenvalue weighted by atomic mass is 9.68. The van der Waals surface area contributed by atoms with Crippen molar-refractivity contribution in [1.29, 1.82) is 0 Å². The molecule has 4 aliphatic rings. The van der Waals surface area contributed by atoms with Gasteiger partial charge in [-0.15, -0.1) is 11.8 Å². The van der Waals surface area contributed by atoms with E-state index in [2.05, 4.69) is 10.3 Å². The molecule has 11 heteroatoms. The Hall–Kier alpha value is -3.86. The summed E-state index contributed by atoms with van der Waals surface area (Å²) in [5.74, 6) is -0.652. The van der Waals surface area contributed by atoms with E-state index in [4.69, 9.17) is 16.3 Å². The highest BCUT2D eigenvalue weighted by molar-refractivity contribution is 8.00. The van der Waals surface area contributed by atoms with Crippen LogP contribution in [-0.2, 0) is 14.4 Å². The topological polar surface area (TPSA) is 109 Å². The summed E-state index contributed by atoms with van der Waals surface area (Å²) in [5, 5.41) is 4.35. The van der Waals surface area contributed by atoms with Crippen LogP contribution in [0.25, 0.3) is 0 Å². The van der Waals surface area contributed by atoms with E-state index >= 15 is 0 Å². The Balaban J connectivity index is 1.05. The first-order valence-corrected chi connectivity index (χ1v) is 17.0. The number of aromatic amines is 1. The van der Waals surface area contributed by atoms with Crippen molar-refractivity contribution < 1.29 is 19.1 Å². The third-order valence-corrected chi connectivity index (χ3v) is 12.6. The number of hydrogen-bond acceptors (Lipinski definition) is 7. The second-order valence-electron chi connectivity index (χ2n) is 12.2. The third kappa shape index (κ3) is 4.73. The number of carbonyl (C=O) groups is 3. The quantitative estimate of drug-likeness (QED) is 0.243. The average Bonchev–Trinajstić information content (AvgIpc) is 3.77. The zero-order valence-electron chi connectivity index (χ0n) is 24.1. The molecule has 3 heterocycles. The normalized spacial score (nSPS) is 27.7. The number of H-pyrrole nitrogens is 1. The summed E-state index contributed by atoms with van der Waals surface area (Å²) < 4.78 is 5.79. The minimum absolute atomic E-state index is 0.0167. The first-order chi connectivity index (χ1) is 21.8. The Kier molecular flexibility index (Phi) is 6.92. The summed E-state index contributed by atoms with van der Waals surface area (Å²) in [4.78, 5) is 58.0. The first-order valence-electron chi connectivity index (χ1n) is 14.9. The van der Waals surface area contributed by atoms with Crippen LogP contribution in [-0.4, -0.2) is 34.6 Å². The molecule has 7 atom stereocenters. The van der Waals surface area contributed by atoms with Gasteiger partial charge in [-0.1, -0.05) is 52.8 Å². The summed E-state index contributed by atoms with van der Waals surface area (Å²) in [6, 6.07) is 22.1. The van der Waals surface area contributed by atoms with E-state index < -0.39 is 0 Å². The molecule has 2 N–H and O–H groups in total. The van der Waals surface area contributed by atoms with E-state index in [0.29, 0.717) is 22.1 Å². The number of ether oxygens (including phenoxy) is 1. The number of fused-ring (bicyclic) bond motifs is 9. The second kappa shape index (κ2) is 10.9. The van der Waals surface area contributed by atoms with Crippen LogP contribution < -0.4 is 19.8 Å². The first kappa shape index (κ1) is 28.6. The fourth-order valence-electron chi connectivity index (χ4n) is 7.99. The van der Waals surface area contributed by atoms with Gasteiger partial charge in [0.05, 0.1) is 22.5 Å². The molecule has 8 rings (SSSR count). The van der Waals surface area contributed by atoms with E-state index in [1.807, 2.05) is 55.5 Å². The number of thiazole rings is 1. The largest absolute Gasteiger partial charge is 0.484 e. The van der Waals surface area contributed by atoms with Gasteiger partial charge in [-0.3, -0.25) is 24.1 Å². The van der Waals surface area contributed by atoms with E-state index in [1.54, 1.807) is 36.0 Å². The molecule has 2 saturated carbocycles. The molecule has 3 aromatic carbocycles. The zero-order chi connectivity index (χ0) is 31.0. The third-order valence-electron chi connectivity index (χ3n) is 9.75. The van der Waals surface area contributed by atoms with Crippen LogP contribution in [0.15, 0.2) is 82.6 Å². The molecule has 0 radical (unpaired) electrons. The molecule has 228 valence electrons. The fourth-order valence-corrected chi connectivity index (χ4v) is 11.0. The van der Waals surface area contributed by atoms with E-state index in [9.17, 15) is 19.2 Å². The zero-order valence-corrected chi connectivity index (χ0v) is 26.5. The van der Waals surface area contributed by atoms with Crippen LogP contribution in [0.4, 0.5) is 11.4 Å². The molecule has 45 heavy (non-hydrogen) atoms. The van der Waals surface area contributed by atoms with Crippen molar-refractivity contribution in [1.82, 2.24) is 4.98 Å². The summed E-state index contributed by atoms with van der Waals surface area (Å²) in [7, 11) is 0. The van der Waals surface area contributed by atoms with Crippen molar-refractivity contribution in [3.8, 4) is 5.75 Å². The van der Waals surface area contributed by atoms with E-state index in [1.165, 1.54) is 16.2 Å². The number of hydrogen-bond donors (Lipinski definition) is 2. The lowest BCUT2D eigenvalue weighted by Crippen LogP contribution is -2.42. The number of aromatic nitrogens is 1. The SMILES string of the molecule is Cc1ccc(NC(=O)COc2ccc([C@H]3c4sc(=O)[nH]c4SC4C3[C@H]3C[C@@H]4C4C(=O)N(c5ccc(Cl)cc5)C(=O)C43)cc2)cc1. The molecule has 3 fully saturated rings. The standard InChI is InChI=1S/C34H28ClN3O5S2/c1-16-2-8-19(9-3-16)36-24(39)15-43-21-12-4-17(5-13-21)25-26-22-14-23(29(26)44-31-30(25)45-34(42)37-31)28-27(22)32(40)38(33(28)41)20-10-6-18(35)7-11-20/h2-13,22-23,25-29H,14-15H2,1H3,(H,36,39)(H,37,42)/t22-,23-,25-,26?,27?,28?,29?/m1/s1. The Labute approximate surface area is 272 Å². The number of thioether (sulfide) groups is 1. The van der Waals surface area contributed by atoms with Gasteiger partial charge >= 0.3 is 4.87 Å². The summed E-state index contributed by atoms with van der Waals surface area (Å²) in [6.45, 7) is 1.86. The van der Waals surface area contributed by atoms with Gasteiger partial charge < -0.3 is 15.0 Å². The Morgan fingerprint density at radius 1 is 0.956 bits per heavy atom. The number of amides is 3. The van der Waals surface area contributed by atoms with Crippen LogP contribution >= 0.6 is 34.7 Å². The van der Waals surface area contributed by atoms with E-state index in [-0.39, 0.29) is 70.0 Å². The lowest BCUT2D eigenvalue weighted by molar-refractivity contribution is -0.123. The van der Waals surface area contributed by atoms with Crippen molar-refractivity contribution in [3.05, 3.63) is 103 Å². The molecule has 1 saturated heterocycles. The second-order valence-corrected chi connectivity index (χ2v) is 14.9. The summed E-state index contributed by atoms with van der Waals surface area (Å²) in [6.07, 6.45) is 0.816. The van der Waals surface area contributed by atoms with E-state index in [0.717, 1.165) is 27.5 Å². The number of nitrogens with zero attached hydrogens (tertiary/aromatic N) is 1. The van der Waals surface area contributed by atoms with Gasteiger partial charge in [0.15, 0.2) is 6.61 Å². The highest BCUT2D eigenvalue weighted by atomic mass is 35.5. The predicted octanol–water partition coefficient (Wildman–Crippen LogP) is 6.09. The monoisotopic (exact) mass is 657 g/mol. The maximum absolute atomic E-state index is 13.9. The highest BCUT2D eigenvalue weighted by Crippen LogP contribution is 2.68. The summed E-state index contributed by atoms with van der Waals surface area (Å²) >= 11 is 8.97. The van der Waals surface area contributed by atoms with Gasteiger partial charge in [-0.05, 0) is 85.2 Å².